The molecule has 4 nitrogen and oxygen atoms in total. The molecular weight excluding hydrogens is 272 g/mol. The van der Waals surface area contributed by atoms with Gasteiger partial charge in [0.2, 0.25) is 5.91 Å². The third kappa shape index (κ3) is 3.46. The SMILES string of the molecule is O=C(Nc1ccc(OC2CCCC2)cc1)C1CSCN1. The molecule has 0 aromatic heterocycles. The van der Waals surface area contributed by atoms with Gasteiger partial charge in [-0.2, -0.15) is 0 Å². The monoisotopic (exact) mass is 292 g/mol. The van der Waals surface area contributed by atoms with Gasteiger partial charge in [-0.15, -0.1) is 11.8 Å². The summed E-state index contributed by atoms with van der Waals surface area (Å²) in [6.45, 7) is 0. The molecule has 1 aliphatic carbocycles. The predicted octanol–water partition coefficient (Wildman–Crippen LogP) is 2.61. The van der Waals surface area contributed by atoms with Crippen molar-refractivity contribution in [3.63, 3.8) is 0 Å². The van der Waals surface area contributed by atoms with Gasteiger partial charge in [0, 0.05) is 17.3 Å². The Hall–Kier alpha value is -1.20. The van der Waals surface area contributed by atoms with Crippen LogP contribution in [0.3, 0.4) is 0 Å². The molecule has 1 saturated carbocycles. The van der Waals surface area contributed by atoms with Gasteiger partial charge in [-0.05, 0) is 49.9 Å². The summed E-state index contributed by atoms with van der Waals surface area (Å²) in [4.78, 5) is 12.0. The van der Waals surface area contributed by atoms with Crippen LogP contribution in [0.2, 0.25) is 0 Å². The number of nitrogens with one attached hydrogen (secondary N) is 2. The van der Waals surface area contributed by atoms with Crippen LogP contribution in [0.5, 0.6) is 5.75 Å². The Balaban J connectivity index is 1.53. The van der Waals surface area contributed by atoms with E-state index in [1.165, 1.54) is 12.8 Å². The number of benzene rings is 1. The maximum atomic E-state index is 12.0. The molecule has 0 bridgehead atoms. The molecule has 0 spiro atoms. The van der Waals surface area contributed by atoms with E-state index in [0.29, 0.717) is 6.10 Å². The van der Waals surface area contributed by atoms with Gasteiger partial charge in [-0.25, -0.2) is 0 Å². The lowest BCUT2D eigenvalue weighted by Crippen LogP contribution is -2.37. The van der Waals surface area contributed by atoms with Crippen LogP contribution < -0.4 is 15.4 Å². The summed E-state index contributed by atoms with van der Waals surface area (Å²) in [5, 5.41) is 6.10. The van der Waals surface area contributed by atoms with Gasteiger partial charge in [-0.1, -0.05) is 0 Å². The highest BCUT2D eigenvalue weighted by Crippen LogP contribution is 2.25. The second-order valence-corrected chi connectivity index (χ2v) is 6.34. The number of carbonyl (C=O) groups excluding carboxylic acids is 1. The zero-order chi connectivity index (χ0) is 13.8. The number of amides is 1. The standard InChI is InChI=1S/C15H20N2O2S/c18-15(14-9-20-10-16-14)17-11-5-7-13(8-6-11)19-12-3-1-2-4-12/h5-8,12,14,16H,1-4,9-10H2,(H,17,18). The zero-order valence-corrected chi connectivity index (χ0v) is 12.2. The number of hydrogen-bond acceptors (Lipinski definition) is 4. The molecule has 1 aliphatic heterocycles. The summed E-state index contributed by atoms with van der Waals surface area (Å²) in [6.07, 6.45) is 5.22. The van der Waals surface area contributed by atoms with E-state index in [1.54, 1.807) is 11.8 Å². The molecule has 5 heteroatoms. The summed E-state index contributed by atoms with van der Waals surface area (Å²) in [7, 11) is 0. The third-order valence-corrected chi connectivity index (χ3v) is 4.70. The Morgan fingerprint density at radius 1 is 1.25 bits per heavy atom. The molecule has 2 N–H and O–H groups in total. The van der Waals surface area contributed by atoms with E-state index in [9.17, 15) is 4.79 Å². The summed E-state index contributed by atoms with van der Waals surface area (Å²) in [5.74, 6) is 2.63. The van der Waals surface area contributed by atoms with E-state index in [2.05, 4.69) is 10.6 Å². The molecule has 1 aromatic carbocycles. The van der Waals surface area contributed by atoms with Gasteiger partial charge >= 0.3 is 0 Å². The Morgan fingerprint density at radius 2 is 2.00 bits per heavy atom. The van der Waals surface area contributed by atoms with E-state index in [-0.39, 0.29) is 11.9 Å². The molecule has 20 heavy (non-hydrogen) atoms. The Kier molecular flexibility index (Phi) is 4.47. The van der Waals surface area contributed by atoms with Crippen LogP contribution in [0.4, 0.5) is 5.69 Å². The van der Waals surface area contributed by atoms with Crippen molar-refractivity contribution in [3.05, 3.63) is 24.3 Å². The van der Waals surface area contributed by atoms with Crippen molar-refractivity contribution in [3.8, 4) is 5.75 Å². The number of anilines is 1. The van der Waals surface area contributed by atoms with Crippen LogP contribution >= 0.6 is 11.8 Å². The van der Waals surface area contributed by atoms with Crippen molar-refractivity contribution >= 4 is 23.4 Å². The second-order valence-electron chi connectivity index (χ2n) is 5.31. The molecule has 1 saturated heterocycles. The lowest BCUT2D eigenvalue weighted by Gasteiger charge is -2.14. The molecular formula is C15H20N2O2S. The van der Waals surface area contributed by atoms with E-state index in [0.717, 1.165) is 35.9 Å². The smallest absolute Gasteiger partial charge is 0.242 e. The van der Waals surface area contributed by atoms with Gasteiger partial charge in [0.15, 0.2) is 0 Å². The van der Waals surface area contributed by atoms with Gasteiger partial charge in [0.1, 0.15) is 5.75 Å². The van der Waals surface area contributed by atoms with Crippen LogP contribution in [0, 0.1) is 0 Å². The first-order chi connectivity index (χ1) is 9.81. The molecule has 3 rings (SSSR count). The van der Waals surface area contributed by atoms with Crippen molar-refractivity contribution in [1.29, 1.82) is 0 Å². The van der Waals surface area contributed by atoms with Gasteiger partial charge in [0.25, 0.3) is 0 Å². The minimum Gasteiger partial charge on any atom is -0.490 e. The van der Waals surface area contributed by atoms with Crippen molar-refractivity contribution < 1.29 is 9.53 Å². The maximum Gasteiger partial charge on any atom is 0.242 e. The Bertz CT molecular complexity index is 451. The first-order valence-corrected chi connectivity index (χ1v) is 8.35. The summed E-state index contributed by atoms with van der Waals surface area (Å²) < 4.78 is 5.91. The fourth-order valence-electron chi connectivity index (χ4n) is 2.61. The van der Waals surface area contributed by atoms with Crippen molar-refractivity contribution in [2.45, 2.75) is 37.8 Å². The first kappa shape index (κ1) is 13.8. The van der Waals surface area contributed by atoms with Crippen LogP contribution in [0.15, 0.2) is 24.3 Å². The molecule has 108 valence electrons. The summed E-state index contributed by atoms with van der Waals surface area (Å²) in [6, 6.07) is 7.61. The quantitative estimate of drug-likeness (QED) is 0.895. The van der Waals surface area contributed by atoms with E-state index >= 15 is 0 Å². The number of hydrogen-bond donors (Lipinski definition) is 2. The highest BCUT2D eigenvalue weighted by atomic mass is 32.2. The first-order valence-electron chi connectivity index (χ1n) is 7.20. The number of carbonyl (C=O) groups is 1. The van der Waals surface area contributed by atoms with Gasteiger partial charge < -0.3 is 10.1 Å². The summed E-state index contributed by atoms with van der Waals surface area (Å²) in [5.41, 5.74) is 0.826. The average molecular weight is 292 g/mol. The minimum atomic E-state index is -0.0746. The largest absolute Gasteiger partial charge is 0.490 e. The van der Waals surface area contributed by atoms with Crippen LogP contribution in [0.1, 0.15) is 25.7 Å². The van der Waals surface area contributed by atoms with Crippen LogP contribution in [-0.4, -0.2) is 29.7 Å². The third-order valence-electron chi connectivity index (χ3n) is 3.76. The van der Waals surface area contributed by atoms with Crippen molar-refractivity contribution in [2.75, 3.05) is 16.9 Å². The van der Waals surface area contributed by atoms with Gasteiger partial charge in [0.05, 0.1) is 12.1 Å². The molecule has 1 atom stereocenters. The van der Waals surface area contributed by atoms with E-state index < -0.39 is 0 Å². The molecule has 2 aliphatic rings. The zero-order valence-electron chi connectivity index (χ0n) is 11.4. The normalized spacial score (nSPS) is 22.9. The summed E-state index contributed by atoms with van der Waals surface area (Å²) >= 11 is 1.75. The number of thioether (sulfide) groups is 1. The van der Waals surface area contributed by atoms with Crippen molar-refractivity contribution in [2.24, 2.45) is 0 Å². The molecule has 1 heterocycles. The highest BCUT2D eigenvalue weighted by molar-refractivity contribution is 7.99. The Labute approximate surface area is 123 Å². The second kappa shape index (κ2) is 6.50. The lowest BCUT2D eigenvalue weighted by molar-refractivity contribution is -0.117. The fourth-order valence-corrected chi connectivity index (χ4v) is 3.55. The maximum absolute atomic E-state index is 12.0. The van der Waals surface area contributed by atoms with Crippen LogP contribution in [-0.2, 0) is 4.79 Å². The van der Waals surface area contributed by atoms with Gasteiger partial charge in [-0.3, -0.25) is 10.1 Å². The average Bonchev–Trinajstić information content (AvgIpc) is 3.13. The highest BCUT2D eigenvalue weighted by Gasteiger charge is 2.22. The topological polar surface area (TPSA) is 50.4 Å². The van der Waals surface area contributed by atoms with E-state index in [1.807, 2.05) is 24.3 Å². The fraction of sp³-hybridized carbons (Fsp3) is 0.533. The predicted molar refractivity (Wildman–Crippen MR) is 82.2 cm³/mol. The molecule has 1 aromatic rings. The van der Waals surface area contributed by atoms with Crippen molar-refractivity contribution in [1.82, 2.24) is 5.32 Å². The Morgan fingerprint density at radius 3 is 2.65 bits per heavy atom. The lowest BCUT2D eigenvalue weighted by atomic mass is 10.2. The molecule has 1 amide bonds. The number of rotatable bonds is 4. The molecule has 1 unspecified atom stereocenters. The van der Waals surface area contributed by atoms with E-state index in [4.69, 9.17) is 4.74 Å². The minimum absolute atomic E-state index is 0.0412. The molecule has 0 radical (unpaired) electrons. The number of ether oxygens (including phenoxy) is 1. The van der Waals surface area contributed by atoms with Crippen LogP contribution in [0.25, 0.3) is 0 Å². The molecule has 2 fully saturated rings.